The molecule has 3 amide bonds. The molecule has 65 heavy (non-hydrogen) atoms. The number of esters is 2. The first kappa shape index (κ1) is 75.9. The molecule has 2 aromatic rings. The number of nitrogens with two attached hydrogens (primary N) is 3. The number of halogens is 4. The average Bonchev–Trinajstić information content (AvgIpc) is 3.21. The van der Waals surface area contributed by atoms with Gasteiger partial charge < -0.3 is 40.4 Å². The highest BCUT2D eigenvalue weighted by Gasteiger charge is 2.17. The second-order valence-electron chi connectivity index (χ2n) is 14.6. The summed E-state index contributed by atoms with van der Waals surface area (Å²) in [6.07, 6.45) is -0.846. The first-order valence-corrected chi connectivity index (χ1v) is 21.6. The Kier molecular flexibility index (Phi) is 58.5. The predicted molar refractivity (Wildman–Crippen MR) is 264 cm³/mol. The van der Waals surface area contributed by atoms with E-state index in [0.29, 0.717) is 13.2 Å². The van der Waals surface area contributed by atoms with Crippen LogP contribution in [0.3, 0.4) is 0 Å². The number of hydrogen-bond acceptors (Lipinski definition) is 17. The smallest absolute Gasteiger partial charge is 0.431 e. The molecule has 0 saturated carbocycles. The van der Waals surface area contributed by atoms with E-state index < -0.39 is 41.1 Å². The van der Waals surface area contributed by atoms with Crippen molar-refractivity contribution in [3.05, 3.63) is 71.8 Å². The first-order chi connectivity index (χ1) is 29.4. The van der Waals surface area contributed by atoms with Gasteiger partial charge in [-0.15, -0.1) is 29.4 Å². The van der Waals surface area contributed by atoms with Crippen LogP contribution in [0.5, 0.6) is 0 Å². The monoisotopic (exact) mass is 1150 g/mol. The summed E-state index contributed by atoms with van der Waals surface area (Å²) in [6, 6.07) is 19.0. The fourth-order valence-corrected chi connectivity index (χ4v) is 2.88. The summed E-state index contributed by atoms with van der Waals surface area (Å²) in [4.78, 5) is 63.6. The highest BCUT2D eigenvalue weighted by atomic mass is 79.9. The van der Waals surface area contributed by atoms with Crippen LogP contribution in [0.4, 0.5) is 14.4 Å². The zero-order chi connectivity index (χ0) is 49.8. The molecule has 2 rings (SSSR count). The summed E-state index contributed by atoms with van der Waals surface area (Å²) in [6.45, 7) is 21.2. The predicted octanol–water partition coefficient (Wildman–Crippen LogP) is 8.09. The largest absolute Gasteiger partial charge is 0.461 e. The van der Waals surface area contributed by atoms with E-state index >= 15 is 0 Å². The highest BCUT2D eigenvalue weighted by molar-refractivity contribution is 9.09. The van der Waals surface area contributed by atoms with Gasteiger partial charge in [-0.2, -0.15) is 11.0 Å². The molecule has 20 nitrogen and oxygen atoms in total. The molecule has 0 unspecified atom stereocenters. The van der Waals surface area contributed by atoms with Crippen molar-refractivity contribution < 1.29 is 67.7 Å². The fourth-order valence-electron chi connectivity index (χ4n) is 2.88. The number of hydroxylamine groups is 3. The minimum absolute atomic E-state index is 0. The number of nitrogens with one attached hydrogen (secondary N) is 3. The molecular weight excluding hydrogens is 1080 g/mol. The number of carbonyl (C=O) groups excluding carboxylic acids is 5. The van der Waals surface area contributed by atoms with Crippen LogP contribution in [0.15, 0.2) is 60.7 Å². The summed E-state index contributed by atoms with van der Waals surface area (Å²) < 4.78 is 24.3. The molecule has 2 aromatic carbocycles. The third-order valence-electron chi connectivity index (χ3n) is 5.05. The van der Waals surface area contributed by atoms with Gasteiger partial charge in [0.25, 0.3) is 0 Å². The number of amides is 3. The van der Waals surface area contributed by atoms with Gasteiger partial charge in [-0.3, -0.25) is 24.5 Å². The first-order valence-electron chi connectivity index (χ1n) is 19.4. The van der Waals surface area contributed by atoms with E-state index in [-0.39, 0.29) is 61.6 Å². The van der Waals surface area contributed by atoms with E-state index in [1.165, 1.54) is 18.8 Å². The van der Waals surface area contributed by atoms with Crippen molar-refractivity contribution in [3.8, 4) is 0 Å². The van der Waals surface area contributed by atoms with Crippen LogP contribution < -0.4 is 33.8 Å². The Labute approximate surface area is 418 Å². The van der Waals surface area contributed by atoms with Crippen LogP contribution in [0.1, 0.15) is 100 Å². The van der Waals surface area contributed by atoms with Gasteiger partial charge in [0.15, 0.2) is 0 Å². The van der Waals surface area contributed by atoms with Gasteiger partial charge >= 0.3 is 30.2 Å². The standard InChI is InChI=1S/C15H21NO5.C9H10O2.C7H16N2O3.C5H11NO3.C3H7Br.C2H6BrN.BrH.ClH.H3NO/c1-15(2,3)21-14(18)16-20-10-9-13(17)19-11-12-7-5-4-6-8-12;1-8(10)11-7-9-5-3-2-4-6-9;1-7(2,3)12-6(10)9-11-5-4-8;1-5(2,3)9-4(7)6-8;1-2-3-4;3-1-2-4;;;1-2/h4-8H,9-11H2,1-3H3,(H,16,18);2-6H,7H2,1H3;4-5,8H2,1-3H3,(H,9,10);8H,1-3H3,(H,6,7);2-3H2,1H3;1-2,4H2;2*1H;2H,1H2. The van der Waals surface area contributed by atoms with Crippen LogP contribution in [0.25, 0.3) is 0 Å². The average molecular weight is 1150 g/mol. The highest BCUT2D eigenvalue weighted by Crippen LogP contribution is 2.08. The van der Waals surface area contributed by atoms with E-state index in [0.717, 1.165) is 28.3 Å². The van der Waals surface area contributed by atoms with Crippen LogP contribution >= 0.6 is 61.2 Å². The zero-order valence-electron chi connectivity index (χ0n) is 39.4. The Bertz CT molecular complexity index is 1400. The third-order valence-corrected chi connectivity index (χ3v) is 6.30. The van der Waals surface area contributed by atoms with Crippen molar-refractivity contribution in [2.45, 2.75) is 119 Å². The Balaban J connectivity index is -0.000000133. The fraction of sp³-hybridized carbons (Fsp3) is 0.585. The van der Waals surface area contributed by atoms with E-state index in [9.17, 15) is 24.0 Å². The normalized spacial score (nSPS) is 9.57. The van der Waals surface area contributed by atoms with Crippen molar-refractivity contribution >= 4 is 91.5 Å². The van der Waals surface area contributed by atoms with Crippen molar-refractivity contribution in [1.82, 2.24) is 16.4 Å². The SMILES string of the molecule is Br.CC(=O)OCc1ccccc1.CC(C)(C)OC(=O)NO.CC(C)(C)OC(=O)NOCCC(=O)OCc1ccccc1.CC(C)(C)OC(=O)NOCCN.CCCBr.Cl.NCCBr.NO. The number of rotatable bonds is 13. The molecular formula is C41H76Br3ClN6O14. The van der Waals surface area contributed by atoms with Crippen molar-refractivity contribution in [1.29, 1.82) is 0 Å². The number of alkyl halides is 2. The molecule has 0 spiro atoms. The molecule has 0 aromatic heterocycles. The quantitative estimate of drug-likeness (QED) is 0.0235. The van der Waals surface area contributed by atoms with Crippen LogP contribution in [0, 0.1) is 0 Å². The zero-order valence-corrected chi connectivity index (χ0v) is 45.1. The van der Waals surface area contributed by atoms with Gasteiger partial charge in [-0.25, -0.2) is 25.8 Å². The van der Waals surface area contributed by atoms with Gasteiger partial charge in [0, 0.05) is 30.7 Å². The van der Waals surface area contributed by atoms with Gasteiger partial charge in [0.1, 0.15) is 30.0 Å². The summed E-state index contributed by atoms with van der Waals surface area (Å²) in [5, 5.41) is 16.5. The molecule has 0 aliphatic rings. The molecule has 0 radical (unpaired) electrons. The van der Waals surface area contributed by atoms with E-state index in [1.54, 1.807) is 62.3 Å². The Morgan fingerprint density at radius 1 is 0.615 bits per heavy atom. The number of carbonyl (C=O) groups is 5. The summed E-state index contributed by atoms with van der Waals surface area (Å²) in [5.41, 5.74) is 15.9. The summed E-state index contributed by atoms with van der Waals surface area (Å²) in [5.74, 6) is 2.86. The molecule has 0 fully saturated rings. The van der Waals surface area contributed by atoms with Crippen molar-refractivity contribution in [2.75, 3.05) is 37.0 Å². The maximum absolute atomic E-state index is 11.4. The molecule has 0 atom stereocenters. The van der Waals surface area contributed by atoms with E-state index in [4.69, 9.17) is 45.7 Å². The maximum atomic E-state index is 11.4. The minimum Gasteiger partial charge on any atom is -0.461 e. The van der Waals surface area contributed by atoms with E-state index in [2.05, 4.69) is 65.2 Å². The molecule has 0 aliphatic heterocycles. The van der Waals surface area contributed by atoms with Crippen LogP contribution in [-0.2, 0) is 56.2 Å². The summed E-state index contributed by atoms with van der Waals surface area (Å²) in [7, 11) is 0. The maximum Gasteiger partial charge on any atom is 0.431 e. The Morgan fingerprint density at radius 3 is 1.23 bits per heavy atom. The molecule has 24 heteroatoms. The summed E-state index contributed by atoms with van der Waals surface area (Å²) >= 11 is 6.37. The molecule has 382 valence electrons. The lowest BCUT2D eigenvalue weighted by atomic mass is 10.2. The lowest BCUT2D eigenvalue weighted by Gasteiger charge is -2.19. The van der Waals surface area contributed by atoms with Crippen LogP contribution in [0.2, 0.25) is 0 Å². The topological polar surface area (TPSA) is 305 Å². The lowest BCUT2D eigenvalue weighted by molar-refractivity contribution is -0.147. The molecule has 0 heterocycles. The van der Waals surface area contributed by atoms with Gasteiger partial charge in [0.2, 0.25) is 0 Å². The van der Waals surface area contributed by atoms with Gasteiger partial charge in [0.05, 0.1) is 19.6 Å². The number of benzene rings is 2. The number of hydrogen-bond donors (Lipinski definition) is 8. The van der Waals surface area contributed by atoms with Gasteiger partial charge in [-0.05, 0) is 79.9 Å². The Hall–Kier alpha value is -3.36. The minimum atomic E-state index is -0.831. The van der Waals surface area contributed by atoms with Crippen molar-refractivity contribution in [3.63, 3.8) is 0 Å². The Morgan fingerprint density at radius 2 is 0.954 bits per heavy atom. The number of ether oxygens (including phenoxy) is 5. The second kappa shape index (κ2) is 50.1. The molecule has 0 bridgehead atoms. The third kappa shape index (κ3) is 72.5. The van der Waals surface area contributed by atoms with Gasteiger partial charge in [-0.1, -0.05) is 99.4 Å². The van der Waals surface area contributed by atoms with Crippen LogP contribution in [-0.4, -0.2) is 94.4 Å². The molecule has 0 saturated heterocycles. The lowest BCUT2D eigenvalue weighted by Crippen LogP contribution is -2.33. The van der Waals surface area contributed by atoms with E-state index in [1.807, 2.05) is 60.7 Å². The molecule has 11 N–H and O–H groups in total. The molecule has 0 aliphatic carbocycles. The van der Waals surface area contributed by atoms with Crippen molar-refractivity contribution in [2.24, 2.45) is 17.4 Å². The second-order valence-corrected chi connectivity index (χ2v) is 16.2.